The second-order valence-electron chi connectivity index (χ2n) is 8.25. The van der Waals surface area contributed by atoms with Gasteiger partial charge in [0.25, 0.3) is 0 Å². The Labute approximate surface area is 155 Å². The second-order valence-corrected chi connectivity index (χ2v) is 8.25. The molecule has 2 aromatic carbocycles. The lowest BCUT2D eigenvalue weighted by Gasteiger charge is -2.36. The number of hydrogen-bond donors (Lipinski definition) is 1. The number of hydrogen-bond acceptors (Lipinski definition) is 2. The summed E-state index contributed by atoms with van der Waals surface area (Å²) in [4.78, 5) is 15.5. The second kappa shape index (κ2) is 6.24. The van der Waals surface area contributed by atoms with Gasteiger partial charge in [-0.15, -0.1) is 0 Å². The molecule has 0 bridgehead atoms. The zero-order chi connectivity index (χ0) is 17.6. The Morgan fingerprint density at radius 1 is 1.00 bits per heavy atom. The average Bonchev–Trinajstić information content (AvgIpc) is 3.40. The summed E-state index contributed by atoms with van der Waals surface area (Å²) in [7, 11) is 0. The minimum Gasteiger partial charge on any atom is -0.337 e. The average molecular weight is 346 g/mol. The van der Waals surface area contributed by atoms with Crippen molar-refractivity contribution in [2.24, 2.45) is 11.3 Å². The molecule has 2 fully saturated rings. The summed E-state index contributed by atoms with van der Waals surface area (Å²) in [6.45, 7) is 3.71. The molecular formula is C23H26N2O. The van der Waals surface area contributed by atoms with E-state index in [1.165, 1.54) is 16.7 Å². The lowest BCUT2D eigenvalue weighted by molar-refractivity contribution is -0.134. The van der Waals surface area contributed by atoms with Gasteiger partial charge in [-0.1, -0.05) is 54.6 Å². The Kier molecular flexibility index (Phi) is 3.86. The number of carbonyl (C=O) groups excluding carboxylic acids is 1. The normalized spacial score (nSPS) is 26.4. The molecule has 1 N–H and O–H groups in total. The van der Waals surface area contributed by atoms with Crippen molar-refractivity contribution in [1.82, 2.24) is 10.2 Å². The van der Waals surface area contributed by atoms with Crippen LogP contribution in [0.1, 0.15) is 41.9 Å². The first-order chi connectivity index (χ1) is 12.8. The molecule has 26 heavy (non-hydrogen) atoms. The van der Waals surface area contributed by atoms with Gasteiger partial charge >= 0.3 is 0 Å². The highest BCUT2D eigenvalue weighted by atomic mass is 16.2. The molecule has 5 rings (SSSR count). The smallest absolute Gasteiger partial charge is 0.226 e. The lowest BCUT2D eigenvalue weighted by atomic mass is 9.84. The molecule has 0 radical (unpaired) electrons. The Hall–Kier alpha value is -2.13. The number of rotatable bonds is 2. The molecule has 3 heteroatoms. The van der Waals surface area contributed by atoms with Crippen molar-refractivity contribution in [2.75, 3.05) is 19.6 Å². The van der Waals surface area contributed by atoms with Crippen molar-refractivity contribution in [3.05, 3.63) is 71.3 Å². The first-order valence-electron chi connectivity index (χ1n) is 9.89. The highest BCUT2D eigenvalue weighted by molar-refractivity contribution is 5.83. The Balaban J connectivity index is 1.42. The van der Waals surface area contributed by atoms with Crippen LogP contribution in [0.25, 0.3) is 0 Å². The first-order valence-corrected chi connectivity index (χ1v) is 9.89. The zero-order valence-corrected chi connectivity index (χ0v) is 15.2. The largest absolute Gasteiger partial charge is 0.337 e. The molecule has 1 aliphatic carbocycles. The van der Waals surface area contributed by atoms with Crippen LogP contribution in [0.5, 0.6) is 0 Å². The molecule has 3 aliphatic rings. The van der Waals surface area contributed by atoms with Gasteiger partial charge in [0.05, 0.1) is 0 Å². The predicted octanol–water partition coefficient (Wildman–Crippen LogP) is 3.55. The molecule has 134 valence electrons. The van der Waals surface area contributed by atoms with E-state index in [9.17, 15) is 4.79 Å². The van der Waals surface area contributed by atoms with Crippen molar-refractivity contribution in [3.63, 3.8) is 0 Å². The third-order valence-corrected chi connectivity index (χ3v) is 6.80. The van der Waals surface area contributed by atoms with Gasteiger partial charge in [-0.2, -0.15) is 0 Å². The molecule has 2 unspecified atom stereocenters. The number of nitrogens with zero attached hydrogens (tertiary/aromatic N) is 1. The van der Waals surface area contributed by atoms with E-state index in [0.29, 0.717) is 11.3 Å². The van der Waals surface area contributed by atoms with Gasteiger partial charge in [-0.25, -0.2) is 0 Å². The lowest BCUT2D eigenvalue weighted by Crippen LogP contribution is -2.41. The van der Waals surface area contributed by atoms with Crippen molar-refractivity contribution in [1.29, 1.82) is 0 Å². The maximum Gasteiger partial charge on any atom is 0.226 e. The summed E-state index contributed by atoms with van der Waals surface area (Å²) >= 11 is 0. The third kappa shape index (κ3) is 2.66. The number of piperidine rings is 1. The molecule has 1 amide bonds. The molecular weight excluding hydrogens is 320 g/mol. The van der Waals surface area contributed by atoms with Crippen molar-refractivity contribution in [2.45, 2.75) is 31.7 Å². The monoisotopic (exact) mass is 346 g/mol. The van der Waals surface area contributed by atoms with E-state index in [1.807, 2.05) is 0 Å². The van der Waals surface area contributed by atoms with Gasteiger partial charge in [-0.3, -0.25) is 4.79 Å². The van der Waals surface area contributed by atoms with Gasteiger partial charge in [0.2, 0.25) is 5.91 Å². The fraction of sp³-hybridized carbons (Fsp3) is 0.435. The van der Waals surface area contributed by atoms with Crippen LogP contribution in [-0.4, -0.2) is 30.4 Å². The van der Waals surface area contributed by atoms with Crippen LogP contribution in [0.15, 0.2) is 54.6 Å². The van der Waals surface area contributed by atoms with Crippen LogP contribution in [-0.2, 0) is 11.3 Å². The molecule has 0 aromatic heterocycles. The highest BCUT2D eigenvalue weighted by Crippen LogP contribution is 2.59. The molecule has 2 heterocycles. The quantitative estimate of drug-likeness (QED) is 0.902. The summed E-state index contributed by atoms with van der Waals surface area (Å²) < 4.78 is 0. The Morgan fingerprint density at radius 3 is 2.54 bits per heavy atom. The van der Waals surface area contributed by atoms with Gasteiger partial charge < -0.3 is 10.2 Å². The molecule has 2 aliphatic heterocycles. The van der Waals surface area contributed by atoms with E-state index in [-0.39, 0.29) is 11.8 Å². The van der Waals surface area contributed by atoms with E-state index >= 15 is 0 Å². The van der Waals surface area contributed by atoms with Crippen LogP contribution in [0, 0.1) is 11.3 Å². The number of amides is 1. The maximum atomic E-state index is 13.3. The van der Waals surface area contributed by atoms with Gasteiger partial charge in [0.15, 0.2) is 0 Å². The van der Waals surface area contributed by atoms with Crippen LogP contribution in [0.4, 0.5) is 0 Å². The number of benzene rings is 2. The first kappa shape index (κ1) is 16.1. The number of nitrogens with one attached hydrogen (secondary N) is 1. The highest BCUT2D eigenvalue weighted by Gasteiger charge is 2.58. The zero-order valence-electron chi connectivity index (χ0n) is 15.2. The summed E-state index contributed by atoms with van der Waals surface area (Å²) in [5.41, 5.74) is 4.31. The van der Waals surface area contributed by atoms with E-state index in [0.717, 1.165) is 45.4 Å². The van der Waals surface area contributed by atoms with Crippen molar-refractivity contribution in [3.8, 4) is 0 Å². The van der Waals surface area contributed by atoms with E-state index < -0.39 is 0 Å². The van der Waals surface area contributed by atoms with Crippen LogP contribution in [0.3, 0.4) is 0 Å². The van der Waals surface area contributed by atoms with Crippen LogP contribution < -0.4 is 5.32 Å². The summed E-state index contributed by atoms with van der Waals surface area (Å²) in [5, 5.41) is 3.44. The van der Waals surface area contributed by atoms with Gasteiger partial charge in [0, 0.05) is 24.9 Å². The van der Waals surface area contributed by atoms with E-state index in [4.69, 9.17) is 0 Å². The predicted molar refractivity (Wildman–Crippen MR) is 103 cm³/mol. The minimum atomic E-state index is 0.256. The molecule has 3 nitrogen and oxygen atoms in total. The topological polar surface area (TPSA) is 32.3 Å². The van der Waals surface area contributed by atoms with Crippen LogP contribution >= 0.6 is 0 Å². The Bertz CT molecular complexity index is 810. The third-order valence-electron chi connectivity index (χ3n) is 6.80. The molecule has 2 aromatic rings. The van der Waals surface area contributed by atoms with E-state index in [2.05, 4.69) is 64.8 Å². The molecule has 2 atom stereocenters. The number of carbonyl (C=O) groups is 1. The fourth-order valence-electron chi connectivity index (χ4n) is 5.14. The van der Waals surface area contributed by atoms with Gasteiger partial charge in [0.1, 0.15) is 0 Å². The van der Waals surface area contributed by atoms with E-state index in [1.54, 1.807) is 0 Å². The van der Waals surface area contributed by atoms with Crippen LogP contribution in [0.2, 0.25) is 0 Å². The molecule has 1 saturated heterocycles. The summed E-state index contributed by atoms with van der Waals surface area (Å²) in [6, 6.07) is 19.3. The minimum absolute atomic E-state index is 0.256. The SMILES string of the molecule is O=C(C1CC12CCNCC2)N1Cc2ccccc2C(c2ccccc2)C1. The van der Waals surface area contributed by atoms with Crippen molar-refractivity contribution >= 4 is 5.91 Å². The van der Waals surface area contributed by atoms with Gasteiger partial charge in [-0.05, 0) is 54.5 Å². The Morgan fingerprint density at radius 2 is 1.73 bits per heavy atom. The summed E-state index contributed by atoms with van der Waals surface area (Å²) in [6.07, 6.45) is 3.42. The molecule has 1 saturated carbocycles. The molecule has 1 spiro atoms. The summed E-state index contributed by atoms with van der Waals surface area (Å²) in [5.74, 6) is 0.932. The fourth-order valence-corrected chi connectivity index (χ4v) is 5.14. The number of fused-ring (bicyclic) bond motifs is 1. The maximum absolute atomic E-state index is 13.3. The standard InChI is InChI=1S/C23H26N2O/c26-22(21-14-23(21)10-12-24-13-11-23)25-15-18-8-4-5-9-19(18)20(16-25)17-6-2-1-3-7-17/h1-9,20-21,24H,10-16H2. The van der Waals surface area contributed by atoms with Crippen molar-refractivity contribution < 1.29 is 4.79 Å².